The summed E-state index contributed by atoms with van der Waals surface area (Å²) < 4.78 is 0. The summed E-state index contributed by atoms with van der Waals surface area (Å²) in [5.41, 5.74) is 2.21. The number of anilines is 2. The molecule has 1 heterocycles. The van der Waals surface area contributed by atoms with Crippen molar-refractivity contribution in [1.29, 1.82) is 0 Å². The second-order valence-electron chi connectivity index (χ2n) is 5.62. The van der Waals surface area contributed by atoms with Crippen molar-refractivity contribution in [2.24, 2.45) is 0 Å². The Morgan fingerprint density at radius 3 is 2.79 bits per heavy atom. The average Bonchev–Trinajstić information content (AvgIpc) is 3.00. The zero-order chi connectivity index (χ0) is 17.1. The maximum atomic E-state index is 12.7. The van der Waals surface area contributed by atoms with Gasteiger partial charge in [0.25, 0.3) is 5.91 Å². The predicted octanol–water partition coefficient (Wildman–Crippen LogP) is 3.21. The van der Waals surface area contributed by atoms with E-state index in [1.165, 1.54) is 0 Å². The molecule has 6 heteroatoms. The lowest BCUT2D eigenvalue weighted by Crippen LogP contribution is -2.27. The van der Waals surface area contributed by atoms with Gasteiger partial charge in [0.1, 0.15) is 0 Å². The molecule has 5 nitrogen and oxygen atoms in total. The Balaban J connectivity index is 1.90. The summed E-state index contributed by atoms with van der Waals surface area (Å²) in [5, 5.41) is 12.5. The molecule has 0 radical (unpaired) electrons. The Morgan fingerprint density at radius 1 is 1.25 bits per heavy atom. The number of nitrogens with one attached hydrogen (secondary N) is 1. The van der Waals surface area contributed by atoms with Gasteiger partial charge < -0.3 is 15.3 Å². The SMILES string of the molecule is O=C(Nc1cccc(CO)c1)c1ccc(Cl)cc1N1CCCC1=O. The normalized spacial score (nSPS) is 14.1. The molecule has 0 aliphatic carbocycles. The van der Waals surface area contributed by atoms with Gasteiger partial charge in [0.2, 0.25) is 5.91 Å². The van der Waals surface area contributed by atoms with Crippen LogP contribution in [0, 0.1) is 0 Å². The lowest BCUT2D eigenvalue weighted by atomic mass is 10.1. The number of carbonyl (C=O) groups excluding carboxylic acids is 2. The van der Waals surface area contributed by atoms with Gasteiger partial charge in [-0.05, 0) is 42.3 Å². The fraction of sp³-hybridized carbons (Fsp3) is 0.222. The van der Waals surface area contributed by atoms with E-state index in [1.54, 1.807) is 47.4 Å². The van der Waals surface area contributed by atoms with Gasteiger partial charge in [0, 0.05) is 23.7 Å². The first-order valence-electron chi connectivity index (χ1n) is 7.69. The van der Waals surface area contributed by atoms with Crippen molar-refractivity contribution in [3.05, 3.63) is 58.6 Å². The van der Waals surface area contributed by atoms with Gasteiger partial charge in [-0.25, -0.2) is 0 Å². The minimum absolute atomic E-state index is 0.00593. The molecule has 1 aliphatic heterocycles. The van der Waals surface area contributed by atoms with E-state index in [2.05, 4.69) is 5.32 Å². The summed E-state index contributed by atoms with van der Waals surface area (Å²) in [6.45, 7) is 0.484. The number of halogens is 1. The molecule has 0 saturated carbocycles. The molecule has 0 atom stereocenters. The molecule has 0 aromatic heterocycles. The topological polar surface area (TPSA) is 69.6 Å². The highest BCUT2D eigenvalue weighted by molar-refractivity contribution is 6.31. The van der Waals surface area contributed by atoms with Crippen molar-refractivity contribution in [3.8, 4) is 0 Å². The highest BCUT2D eigenvalue weighted by Crippen LogP contribution is 2.29. The summed E-state index contributed by atoms with van der Waals surface area (Å²) in [7, 11) is 0. The molecule has 1 aliphatic rings. The van der Waals surface area contributed by atoms with Gasteiger partial charge in [-0.2, -0.15) is 0 Å². The second-order valence-corrected chi connectivity index (χ2v) is 6.06. The van der Waals surface area contributed by atoms with Crippen LogP contribution in [0.5, 0.6) is 0 Å². The van der Waals surface area contributed by atoms with E-state index in [4.69, 9.17) is 11.6 Å². The maximum absolute atomic E-state index is 12.7. The lowest BCUT2D eigenvalue weighted by molar-refractivity contribution is -0.117. The van der Waals surface area contributed by atoms with E-state index in [0.29, 0.717) is 40.5 Å². The van der Waals surface area contributed by atoms with Crippen molar-refractivity contribution in [1.82, 2.24) is 0 Å². The molecule has 124 valence electrons. The predicted molar refractivity (Wildman–Crippen MR) is 93.4 cm³/mol. The molecule has 0 bridgehead atoms. The molecular formula is C18H17ClN2O3. The minimum Gasteiger partial charge on any atom is -0.392 e. The number of rotatable bonds is 4. The van der Waals surface area contributed by atoms with Crippen molar-refractivity contribution in [2.45, 2.75) is 19.4 Å². The number of carbonyl (C=O) groups is 2. The first kappa shape index (κ1) is 16.5. The molecule has 0 spiro atoms. The number of hydrogen-bond acceptors (Lipinski definition) is 3. The van der Waals surface area contributed by atoms with E-state index >= 15 is 0 Å². The lowest BCUT2D eigenvalue weighted by Gasteiger charge is -2.20. The first-order valence-corrected chi connectivity index (χ1v) is 8.07. The van der Waals surface area contributed by atoms with Crippen LogP contribution in [0.1, 0.15) is 28.8 Å². The van der Waals surface area contributed by atoms with Gasteiger partial charge >= 0.3 is 0 Å². The van der Waals surface area contributed by atoms with Crippen LogP contribution in [-0.4, -0.2) is 23.5 Å². The molecule has 2 N–H and O–H groups in total. The Hall–Kier alpha value is -2.37. The Bertz CT molecular complexity index is 792. The number of aliphatic hydroxyl groups excluding tert-OH is 1. The third-order valence-electron chi connectivity index (χ3n) is 3.94. The first-order chi connectivity index (χ1) is 11.6. The summed E-state index contributed by atoms with van der Waals surface area (Å²) in [4.78, 5) is 26.3. The van der Waals surface area contributed by atoms with E-state index in [0.717, 1.165) is 6.42 Å². The van der Waals surface area contributed by atoms with E-state index in [-0.39, 0.29) is 18.4 Å². The van der Waals surface area contributed by atoms with Gasteiger partial charge in [-0.15, -0.1) is 0 Å². The quantitative estimate of drug-likeness (QED) is 0.894. The summed E-state index contributed by atoms with van der Waals surface area (Å²) >= 11 is 6.05. The monoisotopic (exact) mass is 344 g/mol. The Morgan fingerprint density at radius 2 is 2.08 bits per heavy atom. The number of hydrogen-bond donors (Lipinski definition) is 2. The van der Waals surface area contributed by atoms with Crippen molar-refractivity contribution in [3.63, 3.8) is 0 Å². The van der Waals surface area contributed by atoms with Crippen molar-refractivity contribution < 1.29 is 14.7 Å². The maximum Gasteiger partial charge on any atom is 0.257 e. The van der Waals surface area contributed by atoms with Crippen LogP contribution in [0.15, 0.2) is 42.5 Å². The highest BCUT2D eigenvalue weighted by Gasteiger charge is 2.26. The van der Waals surface area contributed by atoms with Crippen LogP contribution in [0.25, 0.3) is 0 Å². The van der Waals surface area contributed by atoms with Crippen LogP contribution >= 0.6 is 11.6 Å². The average molecular weight is 345 g/mol. The molecule has 1 fully saturated rings. The highest BCUT2D eigenvalue weighted by atomic mass is 35.5. The van der Waals surface area contributed by atoms with Gasteiger partial charge in [-0.3, -0.25) is 9.59 Å². The molecule has 2 aromatic carbocycles. The van der Waals surface area contributed by atoms with Gasteiger partial charge in [0.05, 0.1) is 17.9 Å². The van der Waals surface area contributed by atoms with Crippen molar-refractivity contribution in [2.75, 3.05) is 16.8 Å². The fourth-order valence-corrected chi connectivity index (χ4v) is 2.94. The zero-order valence-corrected chi connectivity index (χ0v) is 13.7. The smallest absolute Gasteiger partial charge is 0.257 e. The van der Waals surface area contributed by atoms with Crippen LogP contribution in [0.2, 0.25) is 5.02 Å². The third kappa shape index (κ3) is 3.42. The molecule has 0 unspecified atom stereocenters. The number of nitrogens with zero attached hydrogens (tertiary/aromatic N) is 1. The Labute approximate surface area is 144 Å². The third-order valence-corrected chi connectivity index (χ3v) is 4.17. The zero-order valence-electron chi connectivity index (χ0n) is 13.0. The largest absolute Gasteiger partial charge is 0.392 e. The molecule has 24 heavy (non-hydrogen) atoms. The van der Waals surface area contributed by atoms with E-state index in [9.17, 15) is 14.7 Å². The van der Waals surface area contributed by atoms with E-state index in [1.807, 2.05) is 0 Å². The van der Waals surface area contributed by atoms with Crippen LogP contribution in [-0.2, 0) is 11.4 Å². The molecule has 2 aromatic rings. The second kappa shape index (κ2) is 7.03. The number of amides is 2. The van der Waals surface area contributed by atoms with Crippen LogP contribution in [0.4, 0.5) is 11.4 Å². The molecular weight excluding hydrogens is 328 g/mol. The molecule has 2 amide bonds. The van der Waals surface area contributed by atoms with E-state index < -0.39 is 0 Å². The summed E-state index contributed by atoms with van der Waals surface area (Å²) in [6, 6.07) is 11.9. The number of benzene rings is 2. The van der Waals surface area contributed by atoms with Crippen molar-refractivity contribution >= 4 is 34.8 Å². The standard InChI is InChI=1S/C18H17ClN2O3/c19-13-6-7-15(16(10-13)21-8-2-5-17(21)23)18(24)20-14-4-1-3-12(9-14)11-22/h1,3-4,6-7,9-10,22H,2,5,8,11H2,(H,20,24). The van der Waals surface area contributed by atoms with Gasteiger partial charge in [0.15, 0.2) is 0 Å². The molecule has 1 saturated heterocycles. The van der Waals surface area contributed by atoms with Crippen LogP contribution in [0.3, 0.4) is 0 Å². The summed E-state index contributed by atoms with van der Waals surface area (Å²) in [5.74, 6) is -0.329. The fourth-order valence-electron chi connectivity index (χ4n) is 2.77. The molecule has 3 rings (SSSR count). The minimum atomic E-state index is -0.323. The summed E-state index contributed by atoms with van der Waals surface area (Å²) in [6.07, 6.45) is 1.25. The Kier molecular flexibility index (Phi) is 4.83. The van der Waals surface area contributed by atoms with Gasteiger partial charge in [-0.1, -0.05) is 23.7 Å². The van der Waals surface area contributed by atoms with Crippen LogP contribution < -0.4 is 10.2 Å². The number of aliphatic hydroxyl groups is 1.